The molecule has 1 aromatic heterocycles. The first kappa shape index (κ1) is 10.7. The first-order chi connectivity index (χ1) is 8.19. The van der Waals surface area contributed by atoms with Crippen molar-refractivity contribution in [2.75, 3.05) is 0 Å². The van der Waals surface area contributed by atoms with Crippen LogP contribution in [0.15, 0.2) is 18.3 Å². The Labute approximate surface area is 100 Å². The molecule has 3 heterocycles. The monoisotopic (exact) mass is 229 g/mol. The number of nitrogens with zero attached hydrogens (tertiary/aromatic N) is 2. The average Bonchev–Trinajstić information content (AvgIpc) is 2.69. The Morgan fingerprint density at radius 3 is 2.76 bits per heavy atom. The van der Waals surface area contributed by atoms with Crippen LogP contribution in [0.2, 0.25) is 0 Å². The summed E-state index contributed by atoms with van der Waals surface area (Å²) in [4.78, 5) is 3.95. The van der Waals surface area contributed by atoms with Gasteiger partial charge in [-0.15, -0.1) is 0 Å². The second-order valence-corrected chi connectivity index (χ2v) is 5.12. The molecule has 0 amide bonds. The molecule has 17 heavy (non-hydrogen) atoms. The maximum atomic E-state index is 10.8. The van der Waals surface area contributed by atoms with Gasteiger partial charge in [0.25, 0.3) is 0 Å². The minimum atomic E-state index is -0.786. The Kier molecular flexibility index (Phi) is 2.39. The molecule has 2 N–H and O–H groups in total. The zero-order chi connectivity index (χ0) is 11.9. The molecule has 2 atom stereocenters. The zero-order valence-corrected chi connectivity index (χ0v) is 9.56. The topological polar surface area (TPSA) is 68.9 Å². The summed E-state index contributed by atoms with van der Waals surface area (Å²) in [6.45, 7) is 0. The predicted octanol–water partition coefficient (Wildman–Crippen LogP) is 1.06. The lowest BCUT2D eigenvalue weighted by Crippen LogP contribution is -2.46. The normalized spacial score (nSPS) is 35.5. The lowest BCUT2D eigenvalue weighted by Gasteiger charge is -2.37. The molecule has 4 heteroatoms. The summed E-state index contributed by atoms with van der Waals surface area (Å²) >= 11 is 0. The SMILES string of the molecule is N#Cc1cc(C2(O)CC3CCC(C2)N3)ccn1. The second-order valence-electron chi connectivity index (χ2n) is 5.12. The molecule has 2 saturated heterocycles. The van der Waals surface area contributed by atoms with Crippen LogP contribution in [0.4, 0.5) is 0 Å². The molecule has 0 spiro atoms. The summed E-state index contributed by atoms with van der Waals surface area (Å²) in [5.74, 6) is 0. The molecular weight excluding hydrogens is 214 g/mol. The van der Waals surface area contributed by atoms with Crippen LogP contribution in [-0.4, -0.2) is 22.2 Å². The number of nitrogens with one attached hydrogen (secondary N) is 1. The summed E-state index contributed by atoms with van der Waals surface area (Å²) in [5, 5.41) is 23.1. The van der Waals surface area contributed by atoms with Gasteiger partial charge in [0.2, 0.25) is 0 Å². The predicted molar refractivity (Wildman–Crippen MR) is 62.0 cm³/mol. The minimum absolute atomic E-state index is 0.377. The molecule has 2 bridgehead atoms. The van der Waals surface area contributed by atoms with Crippen LogP contribution in [0.5, 0.6) is 0 Å². The third kappa shape index (κ3) is 1.82. The molecule has 88 valence electrons. The van der Waals surface area contributed by atoms with E-state index in [-0.39, 0.29) is 0 Å². The van der Waals surface area contributed by atoms with Crippen molar-refractivity contribution < 1.29 is 5.11 Å². The molecule has 0 aromatic carbocycles. The number of rotatable bonds is 1. The van der Waals surface area contributed by atoms with Gasteiger partial charge >= 0.3 is 0 Å². The van der Waals surface area contributed by atoms with E-state index in [2.05, 4.69) is 10.3 Å². The molecule has 4 nitrogen and oxygen atoms in total. The van der Waals surface area contributed by atoms with Crippen LogP contribution in [0, 0.1) is 11.3 Å². The molecule has 2 fully saturated rings. The van der Waals surface area contributed by atoms with E-state index in [0.717, 1.165) is 31.2 Å². The van der Waals surface area contributed by atoms with Crippen LogP contribution in [0.25, 0.3) is 0 Å². The van der Waals surface area contributed by atoms with E-state index in [1.165, 1.54) is 0 Å². The fourth-order valence-electron chi connectivity index (χ4n) is 3.14. The molecule has 2 unspecified atom stereocenters. The molecule has 0 saturated carbocycles. The number of aromatic nitrogens is 1. The van der Waals surface area contributed by atoms with Crippen LogP contribution in [-0.2, 0) is 5.60 Å². The van der Waals surface area contributed by atoms with Crippen molar-refractivity contribution in [1.29, 1.82) is 5.26 Å². The maximum Gasteiger partial charge on any atom is 0.140 e. The fraction of sp³-hybridized carbons (Fsp3) is 0.538. The number of nitriles is 1. The van der Waals surface area contributed by atoms with E-state index in [0.29, 0.717) is 17.8 Å². The Morgan fingerprint density at radius 2 is 2.12 bits per heavy atom. The van der Waals surface area contributed by atoms with Crippen LogP contribution >= 0.6 is 0 Å². The van der Waals surface area contributed by atoms with Gasteiger partial charge in [-0.1, -0.05) is 0 Å². The van der Waals surface area contributed by atoms with Crippen molar-refractivity contribution >= 4 is 0 Å². The summed E-state index contributed by atoms with van der Waals surface area (Å²) in [7, 11) is 0. The van der Waals surface area contributed by atoms with E-state index in [1.807, 2.05) is 12.1 Å². The highest BCUT2D eigenvalue weighted by Gasteiger charge is 2.43. The third-order valence-electron chi connectivity index (χ3n) is 3.92. The number of aliphatic hydroxyl groups is 1. The molecule has 1 aromatic rings. The molecule has 2 aliphatic heterocycles. The van der Waals surface area contributed by atoms with Crippen molar-refractivity contribution in [3.63, 3.8) is 0 Å². The van der Waals surface area contributed by atoms with Gasteiger partial charge in [0, 0.05) is 18.3 Å². The van der Waals surface area contributed by atoms with Gasteiger partial charge in [-0.05, 0) is 43.4 Å². The van der Waals surface area contributed by atoms with Crippen LogP contribution in [0.1, 0.15) is 36.9 Å². The van der Waals surface area contributed by atoms with Gasteiger partial charge in [-0.3, -0.25) is 0 Å². The van der Waals surface area contributed by atoms with Crippen LogP contribution < -0.4 is 5.32 Å². The Bertz CT molecular complexity index is 468. The maximum absolute atomic E-state index is 10.8. The van der Waals surface area contributed by atoms with Crippen molar-refractivity contribution in [1.82, 2.24) is 10.3 Å². The van der Waals surface area contributed by atoms with E-state index < -0.39 is 5.60 Å². The van der Waals surface area contributed by atoms with Gasteiger partial charge < -0.3 is 10.4 Å². The van der Waals surface area contributed by atoms with Gasteiger partial charge in [0.1, 0.15) is 11.8 Å². The summed E-state index contributed by atoms with van der Waals surface area (Å²) in [6.07, 6.45) is 5.36. The zero-order valence-electron chi connectivity index (χ0n) is 9.56. The van der Waals surface area contributed by atoms with Crippen molar-refractivity contribution in [2.45, 2.75) is 43.4 Å². The standard InChI is InChI=1S/C13H15N3O/c14-8-12-5-9(3-4-15-12)13(17)6-10-1-2-11(7-13)16-10/h3-5,10-11,16-17H,1-2,6-7H2. The van der Waals surface area contributed by atoms with E-state index in [1.54, 1.807) is 12.3 Å². The van der Waals surface area contributed by atoms with E-state index >= 15 is 0 Å². The second kappa shape index (κ2) is 3.80. The highest BCUT2D eigenvalue weighted by Crippen LogP contribution is 2.40. The summed E-state index contributed by atoms with van der Waals surface area (Å²) in [5.41, 5.74) is 0.426. The smallest absolute Gasteiger partial charge is 0.140 e. The van der Waals surface area contributed by atoms with Crippen molar-refractivity contribution in [3.8, 4) is 6.07 Å². The number of pyridine rings is 1. The van der Waals surface area contributed by atoms with E-state index in [9.17, 15) is 5.11 Å². The first-order valence-electron chi connectivity index (χ1n) is 6.05. The molecule has 0 radical (unpaired) electrons. The Morgan fingerprint density at radius 1 is 1.41 bits per heavy atom. The van der Waals surface area contributed by atoms with Crippen molar-refractivity contribution in [2.24, 2.45) is 0 Å². The number of fused-ring (bicyclic) bond motifs is 2. The van der Waals surface area contributed by atoms with Crippen LogP contribution in [0.3, 0.4) is 0 Å². The number of piperidine rings is 1. The fourth-order valence-corrected chi connectivity index (χ4v) is 3.14. The molecule has 0 aliphatic carbocycles. The highest BCUT2D eigenvalue weighted by atomic mass is 16.3. The Hall–Kier alpha value is -1.44. The van der Waals surface area contributed by atoms with E-state index in [4.69, 9.17) is 5.26 Å². The average molecular weight is 229 g/mol. The number of hydrogen-bond acceptors (Lipinski definition) is 4. The summed E-state index contributed by atoms with van der Waals surface area (Å²) < 4.78 is 0. The first-order valence-corrected chi connectivity index (χ1v) is 6.05. The van der Waals surface area contributed by atoms with Gasteiger partial charge in [-0.2, -0.15) is 5.26 Å². The molecule has 2 aliphatic rings. The van der Waals surface area contributed by atoms with Gasteiger partial charge in [0.15, 0.2) is 0 Å². The summed E-state index contributed by atoms with van der Waals surface area (Å²) in [6, 6.07) is 6.39. The lowest BCUT2D eigenvalue weighted by atomic mass is 9.82. The quantitative estimate of drug-likeness (QED) is 0.755. The van der Waals surface area contributed by atoms with Crippen molar-refractivity contribution in [3.05, 3.63) is 29.6 Å². The highest BCUT2D eigenvalue weighted by molar-refractivity contribution is 5.30. The van der Waals surface area contributed by atoms with Gasteiger partial charge in [-0.25, -0.2) is 4.98 Å². The minimum Gasteiger partial charge on any atom is -0.385 e. The largest absolute Gasteiger partial charge is 0.385 e. The Balaban J connectivity index is 1.94. The third-order valence-corrected chi connectivity index (χ3v) is 3.92. The lowest BCUT2D eigenvalue weighted by molar-refractivity contribution is -0.0115. The molecule has 3 rings (SSSR count). The number of hydrogen-bond donors (Lipinski definition) is 2. The van der Waals surface area contributed by atoms with Gasteiger partial charge in [0.05, 0.1) is 5.60 Å². The molecular formula is C13H15N3O.